The number of anilines is 2. The van der Waals surface area contributed by atoms with Gasteiger partial charge in [-0.1, -0.05) is 30.3 Å². The fourth-order valence-corrected chi connectivity index (χ4v) is 4.34. The van der Waals surface area contributed by atoms with Gasteiger partial charge in [-0.3, -0.25) is 9.69 Å². The molecule has 1 amide bonds. The first-order valence-electron chi connectivity index (χ1n) is 10.7. The number of H-pyrrole nitrogens is 1. The van der Waals surface area contributed by atoms with Crippen molar-refractivity contribution in [1.82, 2.24) is 4.90 Å². The fourth-order valence-electron chi connectivity index (χ4n) is 4.34. The van der Waals surface area contributed by atoms with Gasteiger partial charge in [0, 0.05) is 30.2 Å². The van der Waals surface area contributed by atoms with Gasteiger partial charge in [0.05, 0.1) is 31.9 Å². The van der Waals surface area contributed by atoms with Crippen LogP contribution in [0.15, 0.2) is 60.7 Å². The van der Waals surface area contributed by atoms with Gasteiger partial charge >= 0.3 is 0 Å². The van der Waals surface area contributed by atoms with E-state index in [9.17, 15) is 4.79 Å². The van der Waals surface area contributed by atoms with Crippen molar-refractivity contribution in [3.8, 4) is 0 Å². The van der Waals surface area contributed by atoms with E-state index in [1.165, 1.54) is 5.69 Å². The minimum atomic E-state index is 0.0904. The Hall–Kier alpha value is -3.12. The van der Waals surface area contributed by atoms with Crippen LogP contribution in [-0.2, 0) is 4.74 Å². The number of rotatable bonds is 3. The number of benzene rings is 2. The first-order valence-corrected chi connectivity index (χ1v) is 10.7. The van der Waals surface area contributed by atoms with E-state index >= 15 is 0 Å². The third-order valence-corrected chi connectivity index (χ3v) is 6.03. The average Bonchev–Trinajstić information content (AvgIpc) is 2.84. The number of amides is 1. The molecule has 0 atom stereocenters. The highest BCUT2D eigenvalue weighted by atomic mass is 16.5. The van der Waals surface area contributed by atoms with E-state index in [1.54, 1.807) is 0 Å². The zero-order valence-electron chi connectivity index (χ0n) is 17.1. The van der Waals surface area contributed by atoms with E-state index < -0.39 is 0 Å². The van der Waals surface area contributed by atoms with Crippen molar-refractivity contribution in [3.05, 3.63) is 66.2 Å². The van der Waals surface area contributed by atoms with Crippen molar-refractivity contribution in [3.63, 3.8) is 0 Å². The van der Waals surface area contributed by atoms with Crippen LogP contribution in [0, 0.1) is 0 Å². The molecule has 2 aliphatic heterocycles. The fraction of sp³-hybridized carbons (Fsp3) is 0.333. The van der Waals surface area contributed by atoms with E-state index in [1.807, 2.05) is 29.2 Å². The average molecular weight is 404 g/mol. The second-order valence-corrected chi connectivity index (χ2v) is 7.83. The van der Waals surface area contributed by atoms with Gasteiger partial charge in [-0.05, 0) is 24.3 Å². The van der Waals surface area contributed by atoms with Crippen molar-refractivity contribution < 1.29 is 14.5 Å². The molecule has 2 aliphatic rings. The summed E-state index contributed by atoms with van der Waals surface area (Å²) in [6, 6.07) is 20.7. The van der Waals surface area contributed by atoms with E-state index in [-0.39, 0.29) is 5.91 Å². The number of fused-ring (bicyclic) bond motifs is 1. The summed E-state index contributed by atoms with van der Waals surface area (Å²) in [7, 11) is 0. The quantitative estimate of drug-likeness (QED) is 0.674. The molecule has 0 spiro atoms. The SMILES string of the molecule is O=C(c1cc(N2CCN(c3ccccc3)CC2)[nH+]c2ccccc12)N1CCOCC1. The van der Waals surface area contributed by atoms with Gasteiger partial charge in [0.25, 0.3) is 11.7 Å². The van der Waals surface area contributed by atoms with Crippen LogP contribution in [0.4, 0.5) is 11.5 Å². The highest BCUT2D eigenvalue weighted by Crippen LogP contribution is 2.24. The van der Waals surface area contributed by atoms with Crippen LogP contribution in [0.2, 0.25) is 0 Å². The third-order valence-electron chi connectivity index (χ3n) is 6.03. The predicted octanol–water partition coefficient (Wildman–Crippen LogP) is 2.45. The van der Waals surface area contributed by atoms with Crippen molar-refractivity contribution in [1.29, 1.82) is 0 Å². The summed E-state index contributed by atoms with van der Waals surface area (Å²) in [6.07, 6.45) is 0. The number of nitrogens with zero attached hydrogens (tertiary/aromatic N) is 3. The van der Waals surface area contributed by atoms with Gasteiger partial charge in [-0.25, -0.2) is 4.98 Å². The van der Waals surface area contributed by atoms with Crippen molar-refractivity contribution >= 4 is 28.3 Å². The van der Waals surface area contributed by atoms with Crippen LogP contribution in [0.5, 0.6) is 0 Å². The maximum absolute atomic E-state index is 13.3. The Labute approximate surface area is 176 Å². The summed E-state index contributed by atoms with van der Waals surface area (Å²) in [5.74, 6) is 1.10. The molecule has 1 aromatic heterocycles. The molecule has 0 aliphatic carbocycles. The molecule has 0 unspecified atom stereocenters. The van der Waals surface area contributed by atoms with Crippen LogP contribution >= 0.6 is 0 Å². The Morgan fingerprint density at radius 1 is 0.800 bits per heavy atom. The number of ether oxygens (including phenoxy) is 1. The summed E-state index contributed by atoms with van der Waals surface area (Å²) in [6.45, 7) is 6.25. The van der Waals surface area contributed by atoms with Gasteiger partial charge in [-0.2, -0.15) is 0 Å². The zero-order valence-corrected chi connectivity index (χ0v) is 17.1. The lowest BCUT2D eigenvalue weighted by molar-refractivity contribution is -0.330. The van der Waals surface area contributed by atoms with Crippen molar-refractivity contribution in [2.75, 3.05) is 62.3 Å². The third kappa shape index (κ3) is 3.71. The van der Waals surface area contributed by atoms with Crippen LogP contribution in [0.3, 0.4) is 0 Å². The number of hydrogen-bond acceptors (Lipinski definition) is 4. The molecule has 6 nitrogen and oxygen atoms in total. The highest BCUT2D eigenvalue weighted by Gasteiger charge is 2.28. The molecular formula is C24H27N4O2+. The van der Waals surface area contributed by atoms with Crippen LogP contribution in [-0.4, -0.2) is 63.3 Å². The number of carbonyl (C=O) groups is 1. The van der Waals surface area contributed by atoms with Gasteiger partial charge in [0.15, 0.2) is 0 Å². The van der Waals surface area contributed by atoms with Crippen molar-refractivity contribution in [2.45, 2.75) is 0 Å². The number of nitrogens with one attached hydrogen (secondary N) is 1. The number of hydrogen-bond donors (Lipinski definition) is 0. The molecular weight excluding hydrogens is 376 g/mol. The summed E-state index contributed by atoms with van der Waals surface area (Å²) < 4.78 is 5.43. The lowest BCUT2D eigenvalue weighted by Crippen LogP contribution is -2.48. The maximum atomic E-state index is 13.3. The second-order valence-electron chi connectivity index (χ2n) is 7.83. The molecule has 5 rings (SSSR count). The smallest absolute Gasteiger partial charge is 0.275 e. The predicted molar refractivity (Wildman–Crippen MR) is 118 cm³/mol. The van der Waals surface area contributed by atoms with E-state index in [0.29, 0.717) is 26.3 Å². The number of piperazine rings is 1. The molecule has 6 heteroatoms. The van der Waals surface area contributed by atoms with E-state index in [0.717, 1.165) is 48.5 Å². The molecule has 0 radical (unpaired) electrons. The maximum Gasteiger partial charge on any atom is 0.275 e. The largest absolute Gasteiger partial charge is 0.378 e. The molecule has 0 saturated carbocycles. The molecule has 2 aromatic carbocycles. The van der Waals surface area contributed by atoms with Crippen molar-refractivity contribution in [2.24, 2.45) is 0 Å². The van der Waals surface area contributed by atoms with Crippen LogP contribution in [0.25, 0.3) is 10.9 Å². The Bertz CT molecular complexity index is 1030. The molecule has 3 heterocycles. The molecule has 1 N–H and O–H groups in total. The molecule has 154 valence electrons. The minimum Gasteiger partial charge on any atom is -0.378 e. The molecule has 30 heavy (non-hydrogen) atoms. The summed E-state index contributed by atoms with van der Waals surface area (Å²) in [4.78, 5) is 23.5. The zero-order chi connectivity index (χ0) is 20.3. The lowest BCUT2D eigenvalue weighted by atomic mass is 10.1. The highest BCUT2D eigenvalue weighted by molar-refractivity contribution is 6.06. The Kier molecular flexibility index (Phi) is 5.24. The monoisotopic (exact) mass is 403 g/mol. The molecule has 3 aromatic rings. The van der Waals surface area contributed by atoms with Crippen LogP contribution in [0.1, 0.15) is 10.4 Å². The number of para-hydroxylation sites is 2. The lowest BCUT2D eigenvalue weighted by Gasteiger charge is -2.33. The molecule has 2 fully saturated rings. The van der Waals surface area contributed by atoms with E-state index in [4.69, 9.17) is 4.74 Å². The molecule has 0 bridgehead atoms. The summed E-state index contributed by atoms with van der Waals surface area (Å²) in [5.41, 5.74) is 3.03. The van der Waals surface area contributed by atoms with Gasteiger partial charge < -0.3 is 14.5 Å². The second kappa shape index (κ2) is 8.32. The van der Waals surface area contributed by atoms with Gasteiger partial charge in [-0.15, -0.1) is 0 Å². The number of aromatic nitrogens is 1. The summed E-state index contributed by atoms with van der Waals surface area (Å²) >= 11 is 0. The number of morpholine rings is 1. The standard InChI is InChI=1S/C24H26N4O2/c29-24(28-14-16-30-17-15-28)21-18-23(25-22-9-5-4-8-20(21)22)27-12-10-26(11-13-27)19-6-2-1-3-7-19/h1-9,18H,10-17H2/p+1. The first kappa shape index (κ1) is 18.9. The van der Waals surface area contributed by atoms with Crippen LogP contribution < -0.4 is 14.8 Å². The number of pyridine rings is 1. The summed E-state index contributed by atoms with van der Waals surface area (Å²) in [5, 5.41) is 0.973. The molecule has 2 saturated heterocycles. The Balaban J connectivity index is 1.42. The topological polar surface area (TPSA) is 50.2 Å². The van der Waals surface area contributed by atoms with Gasteiger partial charge in [0.2, 0.25) is 0 Å². The Morgan fingerprint density at radius 2 is 1.47 bits per heavy atom. The number of carbonyl (C=O) groups excluding carboxylic acids is 1. The minimum absolute atomic E-state index is 0.0904. The van der Waals surface area contributed by atoms with E-state index in [2.05, 4.69) is 51.2 Å². The number of aromatic amines is 1. The normalized spacial score (nSPS) is 17.4. The van der Waals surface area contributed by atoms with Gasteiger partial charge in [0.1, 0.15) is 18.6 Å². The Morgan fingerprint density at radius 3 is 2.23 bits per heavy atom. The first-order chi connectivity index (χ1) is 14.8.